The molecule has 0 atom stereocenters. The fourth-order valence-electron chi connectivity index (χ4n) is 5.26. The molecule has 0 aromatic heterocycles. The first-order valence-electron chi connectivity index (χ1n) is 14.0. The Morgan fingerprint density at radius 3 is 1.21 bits per heavy atom. The number of hydrogen-bond acceptors (Lipinski definition) is 3. The van der Waals surface area contributed by atoms with E-state index in [2.05, 4.69) is 116 Å². The summed E-state index contributed by atoms with van der Waals surface area (Å²) in [5, 5.41) is 10.3. The predicted molar refractivity (Wildman–Crippen MR) is 177 cm³/mol. The van der Waals surface area contributed by atoms with Gasteiger partial charge in [0.2, 0.25) is 0 Å². The van der Waals surface area contributed by atoms with Gasteiger partial charge in [0.25, 0.3) is 0 Å². The van der Waals surface area contributed by atoms with Gasteiger partial charge in [-0.05, 0) is 84.7 Å². The molecule has 0 amide bonds. The van der Waals surface area contributed by atoms with E-state index in [0.29, 0.717) is 5.75 Å². The van der Waals surface area contributed by atoms with E-state index in [1.807, 2.05) is 13.8 Å². The Labute approximate surface area is 271 Å². The summed E-state index contributed by atoms with van der Waals surface area (Å²) in [7, 11) is 9.78. The van der Waals surface area contributed by atoms with Crippen LogP contribution in [0.5, 0.6) is 5.75 Å². The average molecular weight is 641 g/mol. The fraction of sp³-hybridized carbons (Fsp3) is 0.306. The number of nitrogens with zero attached hydrogens (tertiary/aromatic N) is 2. The first-order valence-corrected chi connectivity index (χ1v) is 18.3. The SMILES string of the molecule is Cc1cc(CN(CCN(Cc2ccccc2)Cc2cc(C)c(O)c(C)c2)Cc2ccccc2)cc(C)c1C.[CH3-].[Cl][Ti][Cl]. The van der Waals surface area contributed by atoms with Crippen LogP contribution in [0.3, 0.4) is 0 Å². The van der Waals surface area contributed by atoms with Gasteiger partial charge in [-0.2, -0.15) is 0 Å². The van der Waals surface area contributed by atoms with E-state index in [9.17, 15) is 5.11 Å². The van der Waals surface area contributed by atoms with E-state index in [4.69, 9.17) is 18.6 Å². The molecule has 0 fully saturated rings. The number of hydrogen-bond donors (Lipinski definition) is 1. The molecule has 0 aliphatic heterocycles. The number of phenolic OH excluding ortho intramolecular Hbond substituents is 1. The summed E-state index contributed by atoms with van der Waals surface area (Å²) in [6, 6.07) is 30.5. The molecule has 0 unspecified atom stereocenters. The van der Waals surface area contributed by atoms with E-state index < -0.39 is 17.0 Å². The Kier molecular flexibility index (Phi) is 15.9. The van der Waals surface area contributed by atoms with Crippen molar-refractivity contribution in [1.29, 1.82) is 0 Å². The van der Waals surface area contributed by atoms with E-state index in [1.54, 1.807) is 0 Å². The Balaban J connectivity index is 0.00000148. The van der Waals surface area contributed by atoms with E-state index in [0.717, 1.165) is 50.4 Å². The third-order valence-corrected chi connectivity index (χ3v) is 7.58. The Morgan fingerprint density at radius 2 is 0.857 bits per heavy atom. The summed E-state index contributed by atoms with van der Waals surface area (Å²) in [5.41, 5.74) is 11.3. The summed E-state index contributed by atoms with van der Waals surface area (Å²) >= 11 is -0.556. The molecular weight excluding hydrogens is 595 g/mol. The Morgan fingerprint density at radius 1 is 0.548 bits per heavy atom. The Bertz CT molecular complexity index is 1210. The quantitative estimate of drug-likeness (QED) is 0.131. The van der Waals surface area contributed by atoms with Crippen LogP contribution in [0.15, 0.2) is 84.9 Å². The summed E-state index contributed by atoms with van der Waals surface area (Å²) < 4.78 is 0. The number of rotatable bonds is 11. The molecule has 1 N–H and O–H groups in total. The molecule has 0 aliphatic carbocycles. The molecule has 0 aliphatic rings. The third-order valence-electron chi connectivity index (χ3n) is 7.58. The summed E-state index contributed by atoms with van der Waals surface area (Å²) in [6.07, 6.45) is 0. The number of aryl methyl sites for hydroxylation is 4. The molecule has 3 nitrogen and oxygen atoms in total. The van der Waals surface area contributed by atoms with Crippen LogP contribution in [0.4, 0.5) is 0 Å². The molecule has 0 heterocycles. The van der Waals surface area contributed by atoms with Crippen LogP contribution in [0, 0.1) is 42.0 Å². The van der Waals surface area contributed by atoms with Crippen molar-refractivity contribution in [2.24, 2.45) is 0 Å². The van der Waals surface area contributed by atoms with Gasteiger partial charge >= 0.3 is 35.6 Å². The van der Waals surface area contributed by atoms with Crippen molar-refractivity contribution >= 4 is 18.6 Å². The van der Waals surface area contributed by atoms with E-state index >= 15 is 0 Å². The van der Waals surface area contributed by atoms with Crippen molar-refractivity contribution in [2.75, 3.05) is 13.1 Å². The van der Waals surface area contributed by atoms with Crippen molar-refractivity contribution in [3.05, 3.63) is 142 Å². The minimum atomic E-state index is -0.556. The number of aromatic hydroxyl groups is 1. The van der Waals surface area contributed by atoms with Gasteiger partial charge in [-0.25, -0.2) is 0 Å². The van der Waals surface area contributed by atoms with Crippen LogP contribution in [0.2, 0.25) is 0 Å². The zero-order valence-corrected chi connectivity index (χ0v) is 29.0. The zero-order valence-electron chi connectivity index (χ0n) is 25.9. The normalized spacial score (nSPS) is 10.7. The monoisotopic (exact) mass is 639 g/mol. The van der Waals surface area contributed by atoms with Crippen molar-refractivity contribution < 1.29 is 22.1 Å². The predicted octanol–water partition coefficient (Wildman–Crippen LogP) is 9.47. The van der Waals surface area contributed by atoms with Crippen molar-refractivity contribution in [3.63, 3.8) is 0 Å². The summed E-state index contributed by atoms with van der Waals surface area (Å²) in [5.74, 6) is 0.404. The van der Waals surface area contributed by atoms with Crippen molar-refractivity contribution in [3.8, 4) is 5.75 Å². The standard InChI is InChI=1S/C35H42N2O.CH3.2ClH.Ti/c1-26-18-33(19-27(2)30(26)5)24-36(22-31-12-8-6-9-13-31)16-17-37(23-32-14-10-7-11-15-32)25-34-20-28(3)35(38)29(4)21-34;;;;/h6-15,18-21,38H,16-17,22-25H2,1-5H3;1H3;2*1H;/q;-1;;;+2/p-2. The molecule has 0 spiro atoms. The van der Waals surface area contributed by atoms with E-state index in [1.165, 1.54) is 38.9 Å². The van der Waals surface area contributed by atoms with Crippen LogP contribution in [0.25, 0.3) is 0 Å². The van der Waals surface area contributed by atoms with E-state index in [-0.39, 0.29) is 7.43 Å². The van der Waals surface area contributed by atoms with Gasteiger partial charge in [0.1, 0.15) is 5.75 Å². The molecule has 0 saturated heterocycles. The second-order valence-corrected chi connectivity index (χ2v) is 13.5. The number of phenols is 1. The molecule has 4 rings (SSSR count). The number of benzene rings is 4. The van der Waals surface area contributed by atoms with Crippen LogP contribution in [-0.2, 0) is 43.2 Å². The van der Waals surface area contributed by atoms with Crippen LogP contribution >= 0.6 is 18.6 Å². The van der Waals surface area contributed by atoms with Gasteiger partial charge in [-0.1, -0.05) is 84.9 Å². The molecule has 42 heavy (non-hydrogen) atoms. The maximum absolute atomic E-state index is 10.3. The molecule has 0 saturated carbocycles. The van der Waals surface area contributed by atoms with Gasteiger partial charge < -0.3 is 12.5 Å². The summed E-state index contributed by atoms with van der Waals surface area (Å²) in [6.45, 7) is 16.1. The average Bonchev–Trinajstić information content (AvgIpc) is 2.94. The fourth-order valence-corrected chi connectivity index (χ4v) is 5.26. The molecule has 0 bridgehead atoms. The Hall–Kier alpha value is -2.11. The van der Waals surface area contributed by atoms with Crippen LogP contribution in [0.1, 0.15) is 50.1 Å². The van der Waals surface area contributed by atoms with Crippen molar-refractivity contribution in [1.82, 2.24) is 9.80 Å². The van der Waals surface area contributed by atoms with Gasteiger partial charge in [-0.15, -0.1) is 0 Å². The molecule has 6 heteroatoms. The molecule has 4 aromatic rings. The van der Waals surface area contributed by atoms with Crippen LogP contribution in [-0.4, -0.2) is 28.0 Å². The molecule has 224 valence electrons. The van der Waals surface area contributed by atoms with Gasteiger partial charge in [0.05, 0.1) is 0 Å². The minimum absolute atomic E-state index is 0. The van der Waals surface area contributed by atoms with Gasteiger partial charge in [-0.3, -0.25) is 9.80 Å². The first-order chi connectivity index (χ1) is 19.7. The van der Waals surface area contributed by atoms with Crippen LogP contribution < -0.4 is 0 Å². The molecule has 4 aromatic carbocycles. The first kappa shape index (κ1) is 36.1. The van der Waals surface area contributed by atoms with Gasteiger partial charge in [0.15, 0.2) is 0 Å². The van der Waals surface area contributed by atoms with Crippen molar-refractivity contribution in [2.45, 2.75) is 60.8 Å². The van der Waals surface area contributed by atoms with Gasteiger partial charge in [0, 0.05) is 39.3 Å². The maximum atomic E-state index is 10.3. The topological polar surface area (TPSA) is 26.7 Å². The zero-order chi connectivity index (χ0) is 29.8. The molecular formula is C36H45Cl2N2OTi-. The second-order valence-electron chi connectivity index (χ2n) is 10.9. The second kappa shape index (κ2) is 18.5. The summed E-state index contributed by atoms with van der Waals surface area (Å²) in [4.78, 5) is 5.11. The molecule has 0 radical (unpaired) electrons. The third kappa shape index (κ3) is 11.5. The number of halogens is 2.